The van der Waals surface area contributed by atoms with Crippen LogP contribution in [0.3, 0.4) is 0 Å². The number of carboxylic acid groups (broad SMARTS) is 1. The first-order valence-electron chi connectivity index (χ1n) is 10.1. The van der Waals surface area contributed by atoms with Crippen molar-refractivity contribution in [2.45, 2.75) is 25.4 Å². The van der Waals surface area contributed by atoms with Crippen LogP contribution in [0.2, 0.25) is 0 Å². The molecule has 0 bridgehead atoms. The Labute approximate surface area is 184 Å². The number of aromatic nitrogens is 2. The molecule has 0 unspecified atom stereocenters. The van der Waals surface area contributed by atoms with E-state index in [2.05, 4.69) is 27.9 Å². The molecule has 0 radical (unpaired) electrons. The van der Waals surface area contributed by atoms with Gasteiger partial charge >= 0.3 is 12.1 Å². The Hall–Kier alpha value is -4.14. The summed E-state index contributed by atoms with van der Waals surface area (Å²) in [7, 11) is 0. The molecule has 0 saturated carbocycles. The fraction of sp³-hybridized carbons (Fsp3) is 0.217. The van der Waals surface area contributed by atoms with Crippen molar-refractivity contribution in [3.05, 3.63) is 72.1 Å². The number of anilines is 1. The van der Waals surface area contributed by atoms with Gasteiger partial charge in [0.2, 0.25) is 5.91 Å². The fourth-order valence-corrected chi connectivity index (χ4v) is 3.76. The molecule has 9 nitrogen and oxygen atoms in total. The number of carbonyl (C=O) groups excluding carboxylic acids is 2. The van der Waals surface area contributed by atoms with Crippen molar-refractivity contribution >= 4 is 23.7 Å². The maximum Gasteiger partial charge on any atom is 0.411 e. The monoisotopic (exact) mass is 434 g/mol. The summed E-state index contributed by atoms with van der Waals surface area (Å²) < 4.78 is 6.78. The predicted molar refractivity (Wildman–Crippen MR) is 116 cm³/mol. The Morgan fingerprint density at radius 1 is 1.09 bits per heavy atom. The van der Waals surface area contributed by atoms with Gasteiger partial charge < -0.3 is 15.2 Å². The summed E-state index contributed by atoms with van der Waals surface area (Å²) in [5.74, 6) is -1.68. The highest BCUT2D eigenvalue weighted by Crippen LogP contribution is 2.44. The maximum atomic E-state index is 12.3. The first-order chi connectivity index (χ1) is 15.4. The van der Waals surface area contributed by atoms with Crippen molar-refractivity contribution < 1.29 is 24.2 Å². The molecule has 1 aliphatic carbocycles. The molecule has 2 amide bonds. The zero-order chi connectivity index (χ0) is 22.7. The minimum Gasteiger partial charge on any atom is -0.480 e. The Balaban J connectivity index is 1.34. The number of hydrogen-bond donors (Lipinski definition) is 3. The molecule has 0 aliphatic heterocycles. The van der Waals surface area contributed by atoms with Crippen LogP contribution in [0.4, 0.5) is 10.5 Å². The molecular weight excluding hydrogens is 412 g/mol. The smallest absolute Gasteiger partial charge is 0.411 e. The number of nitrogens with zero attached hydrogens (tertiary/aromatic N) is 2. The highest BCUT2D eigenvalue weighted by Gasteiger charge is 2.29. The Morgan fingerprint density at radius 2 is 1.72 bits per heavy atom. The molecule has 1 aliphatic rings. The van der Waals surface area contributed by atoms with E-state index in [1.807, 2.05) is 36.4 Å². The predicted octanol–water partition coefficient (Wildman–Crippen LogP) is 2.83. The fourth-order valence-electron chi connectivity index (χ4n) is 3.76. The first-order valence-corrected chi connectivity index (χ1v) is 10.1. The number of carboxylic acids is 1. The second kappa shape index (κ2) is 8.93. The lowest BCUT2D eigenvalue weighted by molar-refractivity contribution is -0.141. The van der Waals surface area contributed by atoms with Gasteiger partial charge in [-0.25, -0.2) is 4.79 Å². The normalized spacial score (nSPS) is 13.0. The molecule has 2 aromatic carbocycles. The Kier molecular flexibility index (Phi) is 5.89. The Bertz CT molecular complexity index is 1130. The van der Waals surface area contributed by atoms with Crippen molar-refractivity contribution in [3.63, 3.8) is 0 Å². The van der Waals surface area contributed by atoms with Gasteiger partial charge in [0.25, 0.3) is 0 Å². The van der Waals surface area contributed by atoms with Gasteiger partial charge in [0.05, 0.1) is 11.9 Å². The lowest BCUT2D eigenvalue weighted by atomic mass is 9.98. The van der Waals surface area contributed by atoms with Crippen LogP contribution in [0, 0.1) is 0 Å². The van der Waals surface area contributed by atoms with E-state index in [-0.39, 0.29) is 19.1 Å². The minimum atomic E-state index is -1.13. The molecule has 3 aromatic rings. The number of hydrogen-bond acceptors (Lipinski definition) is 5. The van der Waals surface area contributed by atoms with E-state index in [0.717, 1.165) is 22.3 Å². The van der Waals surface area contributed by atoms with Crippen LogP contribution < -0.4 is 10.6 Å². The number of rotatable bonds is 7. The summed E-state index contributed by atoms with van der Waals surface area (Å²) in [5, 5.41) is 17.8. The number of fused-ring (bicyclic) bond motifs is 3. The van der Waals surface area contributed by atoms with Gasteiger partial charge in [-0.05, 0) is 29.2 Å². The van der Waals surface area contributed by atoms with Crippen LogP contribution in [0.5, 0.6) is 0 Å². The van der Waals surface area contributed by atoms with Gasteiger partial charge in [0.15, 0.2) is 0 Å². The van der Waals surface area contributed by atoms with Crippen molar-refractivity contribution in [1.82, 2.24) is 15.1 Å². The highest BCUT2D eigenvalue weighted by molar-refractivity contribution is 5.85. The quantitative estimate of drug-likeness (QED) is 0.526. The minimum absolute atomic E-state index is 0.0456. The average molecular weight is 434 g/mol. The van der Waals surface area contributed by atoms with Gasteiger partial charge in [-0.15, -0.1) is 0 Å². The number of aliphatic carboxylic acids is 1. The van der Waals surface area contributed by atoms with Crippen LogP contribution in [0.1, 0.15) is 24.0 Å². The van der Waals surface area contributed by atoms with Crippen LogP contribution in [-0.2, 0) is 20.9 Å². The van der Waals surface area contributed by atoms with E-state index in [4.69, 9.17) is 9.84 Å². The number of benzene rings is 2. The lowest BCUT2D eigenvalue weighted by Gasteiger charge is -2.14. The maximum absolute atomic E-state index is 12.3. The van der Waals surface area contributed by atoms with Gasteiger partial charge in [-0.1, -0.05) is 48.5 Å². The summed E-state index contributed by atoms with van der Waals surface area (Å²) in [4.78, 5) is 35.0. The zero-order valence-electron chi connectivity index (χ0n) is 17.3. The number of amides is 2. The van der Waals surface area contributed by atoms with Gasteiger partial charge in [-0.3, -0.25) is 19.6 Å². The summed E-state index contributed by atoms with van der Waals surface area (Å²) >= 11 is 0. The highest BCUT2D eigenvalue weighted by atomic mass is 16.5. The van der Waals surface area contributed by atoms with Gasteiger partial charge in [0, 0.05) is 12.1 Å². The van der Waals surface area contributed by atoms with E-state index in [1.54, 1.807) is 0 Å². The van der Waals surface area contributed by atoms with Crippen LogP contribution in [-0.4, -0.2) is 45.5 Å². The molecule has 0 spiro atoms. The topological polar surface area (TPSA) is 123 Å². The molecule has 0 fully saturated rings. The third-order valence-electron chi connectivity index (χ3n) is 5.28. The average Bonchev–Trinajstić information content (AvgIpc) is 3.34. The van der Waals surface area contributed by atoms with E-state index in [1.165, 1.54) is 24.0 Å². The van der Waals surface area contributed by atoms with Crippen molar-refractivity contribution in [3.8, 4) is 11.1 Å². The number of carbonyl (C=O) groups is 3. The first kappa shape index (κ1) is 21.1. The van der Waals surface area contributed by atoms with Gasteiger partial charge in [0.1, 0.15) is 19.2 Å². The van der Waals surface area contributed by atoms with Crippen molar-refractivity contribution in [1.29, 1.82) is 0 Å². The summed E-state index contributed by atoms with van der Waals surface area (Å²) in [6.07, 6.45) is 2.22. The van der Waals surface area contributed by atoms with Crippen molar-refractivity contribution in [2.24, 2.45) is 0 Å². The van der Waals surface area contributed by atoms with E-state index < -0.39 is 24.0 Å². The van der Waals surface area contributed by atoms with E-state index in [0.29, 0.717) is 5.69 Å². The molecule has 1 heterocycles. The standard InChI is InChI=1S/C23H22N4O5/c1-14(22(29)30)25-21(28)12-27-11-15(10-24-27)26-23(31)32-13-20-18-8-4-2-6-16(18)17-7-3-5-9-19(17)20/h2-11,14,20H,12-13H2,1H3,(H,25,28)(H,26,31)(H,29,30)/t14-/m0/s1. The summed E-state index contributed by atoms with van der Waals surface area (Å²) in [5.41, 5.74) is 4.90. The van der Waals surface area contributed by atoms with Crippen LogP contribution in [0.15, 0.2) is 60.9 Å². The molecule has 32 heavy (non-hydrogen) atoms. The summed E-state index contributed by atoms with van der Waals surface area (Å²) in [6, 6.07) is 15.1. The second-order valence-electron chi connectivity index (χ2n) is 7.50. The molecule has 1 atom stereocenters. The van der Waals surface area contributed by atoms with E-state index >= 15 is 0 Å². The number of nitrogens with one attached hydrogen (secondary N) is 2. The zero-order valence-corrected chi connectivity index (χ0v) is 17.3. The van der Waals surface area contributed by atoms with Crippen LogP contribution in [0.25, 0.3) is 11.1 Å². The Morgan fingerprint density at radius 3 is 2.34 bits per heavy atom. The lowest BCUT2D eigenvalue weighted by Crippen LogP contribution is -2.40. The largest absolute Gasteiger partial charge is 0.480 e. The molecule has 1 aromatic heterocycles. The van der Waals surface area contributed by atoms with E-state index in [9.17, 15) is 14.4 Å². The van der Waals surface area contributed by atoms with Crippen LogP contribution >= 0.6 is 0 Å². The molecule has 4 rings (SSSR count). The van der Waals surface area contributed by atoms with Gasteiger partial charge in [-0.2, -0.15) is 5.10 Å². The second-order valence-corrected chi connectivity index (χ2v) is 7.50. The molecular formula is C23H22N4O5. The van der Waals surface area contributed by atoms with Crippen molar-refractivity contribution in [2.75, 3.05) is 11.9 Å². The molecule has 0 saturated heterocycles. The number of ether oxygens (including phenoxy) is 1. The third-order valence-corrected chi connectivity index (χ3v) is 5.28. The summed E-state index contributed by atoms with van der Waals surface area (Å²) in [6.45, 7) is 1.38. The molecule has 164 valence electrons. The SMILES string of the molecule is C[C@H](NC(=O)Cn1cc(NC(=O)OCC2c3ccccc3-c3ccccc32)cn1)C(=O)O. The molecule has 9 heteroatoms. The third kappa shape index (κ3) is 4.46. The molecule has 3 N–H and O–H groups in total.